The molecule has 0 saturated heterocycles. The minimum absolute atomic E-state index is 0.106. The molecule has 1 atom stereocenters. The third-order valence-corrected chi connectivity index (χ3v) is 1.75. The summed E-state index contributed by atoms with van der Waals surface area (Å²) in [5.74, 6) is 0.113. The third kappa shape index (κ3) is 5.42. The van der Waals surface area contributed by atoms with Crippen LogP contribution in [0.4, 0.5) is 0 Å². The van der Waals surface area contributed by atoms with E-state index >= 15 is 0 Å². The maximum Gasteiger partial charge on any atom is 0.238 e. The minimum atomic E-state index is -0.106. The van der Waals surface area contributed by atoms with E-state index in [1.54, 1.807) is 19.0 Å². The Bertz CT molecular complexity index is 193. The van der Waals surface area contributed by atoms with Crippen LogP contribution in [-0.2, 0) is 4.79 Å². The lowest BCUT2D eigenvalue weighted by molar-refractivity contribution is -0.130. The second kappa shape index (κ2) is 5.75. The van der Waals surface area contributed by atoms with Gasteiger partial charge in [-0.05, 0) is 20.8 Å². The highest BCUT2D eigenvalue weighted by Gasteiger charge is 2.12. The largest absolute Gasteiger partial charge is 0.347 e. The summed E-state index contributed by atoms with van der Waals surface area (Å²) in [4.78, 5) is 13.0. The van der Waals surface area contributed by atoms with Crippen molar-refractivity contribution < 1.29 is 4.79 Å². The molecule has 1 N–H and O–H groups in total. The van der Waals surface area contributed by atoms with Gasteiger partial charge in [0.1, 0.15) is 0 Å². The van der Waals surface area contributed by atoms with E-state index in [1.807, 2.05) is 20.8 Å². The maximum atomic E-state index is 11.4. The monoisotopic (exact) mass is 184 g/mol. The fourth-order valence-corrected chi connectivity index (χ4v) is 0.914. The number of nitrogens with zero attached hydrogens (tertiary/aromatic N) is 1. The number of allylic oxidation sites excluding steroid dienone is 1. The van der Waals surface area contributed by atoms with Crippen LogP contribution in [0.2, 0.25) is 0 Å². The van der Waals surface area contributed by atoms with E-state index in [1.165, 1.54) is 5.57 Å². The number of hydrogen-bond donors (Lipinski definition) is 1. The van der Waals surface area contributed by atoms with Crippen molar-refractivity contribution in [3.63, 3.8) is 0 Å². The molecule has 0 bridgehead atoms. The van der Waals surface area contributed by atoms with Crippen LogP contribution >= 0.6 is 0 Å². The Kier molecular flexibility index (Phi) is 5.39. The van der Waals surface area contributed by atoms with Crippen molar-refractivity contribution in [2.24, 2.45) is 0 Å². The van der Waals surface area contributed by atoms with Gasteiger partial charge in [-0.3, -0.25) is 4.79 Å². The molecule has 1 unspecified atom stereocenters. The summed E-state index contributed by atoms with van der Waals surface area (Å²) >= 11 is 0. The van der Waals surface area contributed by atoms with Gasteiger partial charge >= 0.3 is 0 Å². The molecule has 13 heavy (non-hydrogen) atoms. The highest BCUT2D eigenvalue weighted by Crippen LogP contribution is 1.90. The topological polar surface area (TPSA) is 32.3 Å². The van der Waals surface area contributed by atoms with Crippen molar-refractivity contribution in [3.05, 3.63) is 11.6 Å². The van der Waals surface area contributed by atoms with E-state index in [4.69, 9.17) is 0 Å². The summed E-state index contributed by atoms with van der Waals surface area (Å²) < 4.78 is 0. The van der Waals surface area contributed by atoms with Crippen molar-refractivity contribution in [1.82, 2.24) is 10.2 Å². The molecule has 0 spiro atoms. The van der Waals surface area contributed by atoms with Gasteiger partial charge in [0.05, 0.1) is 6.04 Å². The Balaban J connectivity index is 3.81. The van der Waals surface area contributed by atoms with Gasteiger partial charge in [0.2, 0.25) is 5.91 Å². The third-order valence-electron chi connectivity index (χ3n) is 1.75. The second-order valence-electron chi connectivity index (χ2n) is 3.64. The fraction of sp³-hybridized carbons (Fsp3) is 0.700. The van der Waals surface area contributed by atoms with Crippen LogP contribution in [0.5, 0.6) is 0 Å². The van der Waals surface area contributed by atoms with Crippen LogP contribution in [-0.4, -0.2) is 37.5 Å². The first-order valence-corrected chi connectivity index (χ1v) is 4.53. The maximum absolute atomic E-state index is 11.4. The molecule has 0 saturated carbocycles. The highest BCUT2D eigenvalue weighted by atomic mass is 16.2. The van der Waals surface area contributed by atoms with E-state index in [0.29, 0.717) is 0 Å². The number of likely N-dealkylation sites (N-methyl/N-ethyl adjacent to an activating group) is 1. The lowest BCUT2D eigenvalue weighted by Crippen LogP contribution is -2.41. The lowest BCUT2D eigenvalue weighted by Gasteiger charge is -2.17. The average molecular weight is 184 g/mol. The Morgan fingerprint density at radius 1 is 1.46 bits per heavy atom. The summed E-state index contributed by atoms with van der Waals surface area (Å²) in [5.41, 5.74) is 1.26. The molecule has 0 rings (SSSR count). The number of carbonyl (C=O) groups excluding carboxylic acids is 1. The van der Waals surface area contributed by atoms with Gasteiger partial charge in [0.25, 0.3) is 0 Å². The Morgan fingerprint density at radius 3 is 2.38 bits per heavy atom. The number of nitrogens with one attached hydrogen (secondary N) is 1. The minimum Gasteiger partial charge on any atom is -0.347 e. The van der Waals surface area contributed by atoms with Crippen LogP contribution < -0.4 is 5.32 Å². The van der Waals surface area contributed by atoms with Crippen LogP contribution in [0.25, 0.3) is 0 Å². The Morgan fingerprint density at radius 2 is 2.00 bits per heavy atom. The number of hydrogen-bond acceptors (Lipinski definition) is 2. The molecule has 3 nitrogen and oxygen atoms in total. The molecule has 0 aliphatic rings. The standard InChI is InChI=1S/C10H20N2O/c1-8(2)6-7-11-9(3)10(13)12(4)5/h6,9,11H,7H2,1-5H3. The van der Waals surface area contributed by atoms with Crippen molar-refractivity contribution >= 4 is 5.91 Å². The van der Waals surface area contributed by atoms with Gasteiger partial charge in [-0.2, -0.15) is 0 Å². The molecule has 0 radical (unpaired) electrons. The van der Waals surface area contributed by atoms with Gasteiger partial charge < -0.3 is 10.2 Å². The normalized spacial score (nSPS) is 12.1. The quantitative estimate of drug-likeness (QED) is 0.662. The molecule has 0 heterocycles. The van der Waals surface area contributed by atoms with Crippen LogP contribution in [0.3, 0.4) is 0 Å². The SMILES string of the molecule is CC(C)=CCNC(C)C(=O)N(C)C. The van der Waals surface area contributed by atoms with E-state index < -0.39 is 0 Å². The van der Waals surface area contributed by atoms with E-state index in [9.17, 15) is 4.79 Å². The van der Waals surface area contributed by atoms with Gasteiger partial charge in [0, 0.05) is 20.6 Å². The molecule has 3 heteroatoms. The Labute approximate surface area is 80.8 Å². The molecule has 0 fully saturated rings. The first-order chi connectivity index (χ1) is 5.95. The molecular weight excluding hydrogens is 164 g/mol. The predicted molar refractivity (Wildman–Crippen MR) is 55.6 cm³/mol. The molecule has 0 aliphatic heterocycles. The number of rotatable bonds is 4. The first-order valence-electron chi connectivity index (χ1n) is 4.53. The smallest absolute Gasteiger partial charge is 0.238 e. The molecule has 1 amide bonds. The zero-order valence-corrected chi connectivity index (χ0v) is 9.22. The van der Waals surface area contributed by atoms with Crippen molar-refractivity contribution in [3.8, 4) is 0 Å². The molecule has 0 aromatic rings. The Hall–Kier alpha value is -0.830. The van der Waals surface area contributed by atoms with Gasteiger partial charge in [-0.25, -0.2) is 0 Å². The van der Waals surface area contributed by atoms with E-state index in [2.05, 4.69) is 11.4 Å². The van der Waals surface area contributed by atoms with Crippen molar-refractivity contribution in [1.29, 1.82) is 0 Å². The summed E-state index contributed by atoms with van der Waals surface area (Å²) in [6, 6.07) is -0.106. The molecule has 0 aromatic heterocycles. The predicted octanol–water partition coefficient (Wildman–Crippen LogP) is 1.02. The molecular formula is C10H20N2O. The fourth-order valence-electron chi connectivity index (χ4n) is 0.914. The zero-order chi connectivity index (χ0) is 10.4. The van der Waals surface area contributed by atoms with Crippen LogP contribution in [0, 0.1) is 0 Å². The van der Waals surface area contributed by atoms with Crippen LogP contribution in [0.1, 0.15) is 20.8 Å². The summed E-state index contributed by atoms with van der Waals surface area (Å²) in [6.07, 6.45) is 2.07. The van der Waals surface area contributed by atoms with Crippen LogP contribution in [0.15, 0.2) is 11.6 Å². The summed E-state index contributed by atoms with van der Waals surface area (Å²) in [5, 5.41) is 3.13. The summed E-state index contributed by atoms with van der Waals surface area (Å²) in [7, 11) is 3.53. The van der Waals surface area contributed by atoms with Crippen molar-refractivity contribution in [2.75, 3.05) is 20.6 Å². The lowest BCUT2D eigenvalue weighted by atomic mass is 10.3. The van der Waals surface area contributed by atoms with Gasteiger partial charge in [-0.15, -0.1) is 0 Å². The summed E-state index contributed by atoms with van der Waals surface area (Å²) in [6.45, 7) is 6.71. The van der Waals surface area contributed by atoms with E-state index in [0.717, 1.165) is 6.54 Å². The second-order valence-corrected chi connectivity index (χ2v) is 3.64. The van der Waals surface area contributed by atoms with Gasteiger partial charge in [0.15, 0.2) is 0 Å². The first kappa shape index (κ1) is 12.2. The van der Waals surface area contributed by atoms with Crippen molar-refractivity contribution in [2.45, 2.75) is 26.8 Å². The highest BCUT2D eigenvalue weighted by molar-refractivity contribution is 5.80. The zero-order valence-electron chi connectivity index (χ0n) is 9.22. The number of amides is 1. The molecule has 0 aliphatic carbocycles. The number of carbonyl (C=O) groups is 1. The molecule has 0 aromatic carbocycles. The van der Waals surface area contributed by atoms with E-state index in [-0.39, 0.29) is 11.9 Å². The average Bonchev–Trinajstić information content (AvgIpc) is 2.02. The molecule has 76 valence electrons. The van der Waals surface area contributed by atoms with Gasteiger partial charge in [-0.1, -0.05) is 11.6 Å².